The number of nitrogens with one attached hydrogen (secondary N) is 1. The lowest BCUT2D eigenvalue weighted by atomic mass is 9.97. The first kappa shape index (κ1) is 20.5. The first-order chi connectivity index (χ1) is 13.5. The summed E-state index contributed by atoms with van der Waals surface area (Å²) < 4.78 is 5.06. The molecule has 0 bridgehead atoms. The molecule has 1 N–H and O–H groups in total. The number of nitriles is 3. The van der Waals surface area contributed by atoms with E-state index >= 15 is 0 Å². The Morgan fingerprint density at radius 2 is 1.93 bits per heavy atom. The molecule has 1 heterocycles. The predicted octanol–water partition coefficient (Wildman–Crippen LogP) is 2.34. The number of ether oxygens (including phenoxy) is 1. The molecule has 1 unspecified atom stereocenters. The van der Waals surface area contributed by atoms with Crippen LogP contribution in [-0.2, 0) is 9.53 Å². The van der Waals surface area contributed by atoms with Gasteiger partial charge in [0.05, 0.1) is 23.8 Å². The van der Waals surface area contributed by atoms with Crippen LogP contribution in [0.3, 0.4) is 0 Å². The van der Waals surface area contributed by atoms with E-state index in [1.807, 2.05) is 0 Å². The van der Waals surface area contributed by atoms with E-state index < -0.39 is 0 Å². The van der Waals surface area contributed by atoms with Crippen molar-refractivity contribution in [2.45, 2.75) is 19.8 Å². The van der Waals surface area contributed by atoms with Crippen LogP contribution in [0.5, 0.6) is 0 Å². The van der Waals surface area contributed by atoms with Crippen LogP contribution in [0.15, 0.2) is 35.5 Å². The minimum atomic E-state index is -0.370. The fourth-order valence-corrected chi connectivity index (χ4v) is 2.98. The molecule has 1 fully saturated rings. The van der Waals surface area contributed by atoms with Gasteiger partial charge in [0.15, 0.2) is 5.57 Å². The van der Waals surface area contributed by atoms with Gasteiger partial charge in [0.1, 0.15) is 23.9 Å². The second kappa shape index (κ2) is 9.75. The third-order valence-electron chi connectivity index (χ3n) is 4.33. The van der Waals surface area contributed by atoms with Crippen molar-refractivity contribution in [2.75, 3.05) is 25.0 Å². The summed E-state index contributed by atoms with van der Waals surface area (Å²) in [6.45, 7) is 2.79. The van der Waals surface area contributed by atoms with Crippen LogP contribution in [0.4, 0.5) is 5.69 Å². The maximum atomic E-state index is 13.0. The first-order valence-electron chi connectivity index (χ1n) is 8.82. The van der Waals surface area contributed by atoms with Gasteiger partial charge in [-0.15, -0.1) is 0 Å². The molecule has 1 aliphatic rings. The van der Waals surface area contributed by atoms with Crippen LogP contribution in [0.25, 0.3) is 0 Å². The number of hydrogen-bond donors (Lipinski definition) is 1. The number of piperidine rings is 1. The molecule has 0 aliphatic carbocycles. The van der Waals surface area contributed by atoms with Crippen molar-refractivity contribution in [1.29, 1.82) is 15.8 Å². The number of carbonyl (C=O) groups is 2. The van der Waals surface area contributed by atoms with Gasteiger partial charge in [-0.3, -0.25) is 9.59 Å². The van der Waals surface area contributed by atoms with E-state index in [-0.39, 0.29) is 41.2 Å². The van der Waals surface area contributed by atoms with Gasteiger partial charge in [-0.25, -0.2) is 0 Å². The highest BCUT2D eigenvalue weighted by atomic mass is 16.5. The number of allylic oxidation sites excluding steroid dienone is 2. The highest BCUT2D eigenvalue weighted by Gasteiger charge is 2.30. The number of benzene rings is 1. The molecule has 0 radical (unpaired) electrons. The zero-order chi connectivity index (χ0) is 20.5. The molecule has 0 saturated carbocycles. The second-order valence-electron chi connectivity index (χ2n) is 6.10. The van der Waals surface area contributed by atoms with Gasteiger partial charge in [-0.1, -0.05) is 12.1 Å². The topological polar surface area (TPSA) is 130 Å². The Labute approximate surface area is 163 Å². The molecule has 8 nitrogen and oxygen atoms in total. The molecule has 0 aromatic heterocycles. The van der Waals surface area contributed by atoms with Crippen LogP contribution < -0.4 is 5.32 Å². The van der Waals surface area contributed by atoms with Gasteiger partial charge in [-0.05, 0) is 31.9 Å². The van der Waals surface area contributed by atoms with E-state index in [1.54, 1.807) is 54.3 Å². The summed E-state index contributed by atoms with van der Waals surface area (Å²) in [7, 11) is 0. The number of carbonyl (C=O) groups excluding carboxylic acids is 2. The molecule has 28 heavy (non-hydrogen) atoms. The van der Waals surface area contributed by atoms with Gasteiger partial charge in [0.2, 0.25) is 0 Å². The normalized spacial score (nSPS) is 15.4. The molecule has 1 aliphatic heterocycles. The molecule has 1 aromatic carbocycles. The van der Waals surface area contributed by atoms with Gasteiger partial charge >= 0.3 is 5.97 Å². The van der Waals surface area contributed by atoms with Crippen LogP contribution in [0.2, 0.25) is 0 Å². The smallest absolute Gasteiger partial charge is 0.310 e. The zero-order valence-electron chi connectivity index (χ0n) is 15.4. The minimum Gasteiger partial charge on any atom is -0.466 e. The summed E-state index contributed by atoms with van der Waals surface area (Å²) >= 11 is 0. The first-order valence-corrected chi connectivity index (χ1v) is 8.82. The molecular weight excluding hydrogens is 358 g/mol. The van der Waals surface area contributed by atoms with Crippen molar-refractivity contribution < 1.29 is 14.3 Å². The number of para-hydroxylation sites is 1. The average molecular weight is 377 g/mol. The molecule has 1 saturated heterocycles. The van der Waals surface area contributed by atoms with Crippen LogP contribution in [0, 0.1) is 39.9 Å². The lowest BCUT2D eigenvalue weighted by Crippen LogP contribution is -2.43. The summed E-state index contributed by atoms with van der Waals surface area (Å²) in [5.74, 6) is -0.977. The Morgan fingerprint density at radius 1 is 1.21 bits per heavy atom. The van der Waals surface area contributed by atoms with E-state index in [4.69, 9.17) is 15.3 Å². The van der Waals surface area contributed by atoms with E-state index in [0.29, 0.717) is 31.7 Å². The fraction of sp³-hybridized carbons (Fsp3) is 0.350. The fourth-order valence-electron chi connectivity index (χ4n) is 2.98. The van der Waals surface area contributed by atoms with E-state index in [0.717, 1.165) is 0 Å². The molecule has 0 spiro atoms. The van der Waals surface area contributed by atoms with Crippen LogP contribution in [0.1, 0.15) is 30.1 Å². The largest absolute Gasteiger partial charge is 0.466 e. The summed E-state index contributed by atoms with van der Waals surface area (Å²) in [6, 6.07) is 11.6. The lowest BCUT2D eigenvalue weighted by Gasteiger charge is -2.32. The maximum absolute atomic E-state index is 13.0. The summed E-state index contributed by atoms with van der Waals surface area (Å²) in [4.78, 5) is 26.6. The Bertz CT molecular complexity index is 901. The van der Waals surface area contributed by atoms with E-state index in [9.17, 15) is 14.9 Å². The standard InChI is InChI=1S/C20H19N5O3/c1-2-28-20(27)14-6-5-9-25(13-14)19(26)16-7-3-4-8-17(16)24-18(12-23)15(10-21)11-22/h3-4,7-8,14,24H,2,5-6,9,13H2,1H3. The molecule has 1 aromatic rings. The van der Waals surface area contributed by atoms with Crippen molar-refractivity contribution in [2.24, 2.45) is 5.92 Å². The van der Waals surface area contributed by atoms with Gasteiger partial charge < -0.3 is 15.0 Å². The Morgan fingerprint density at radius 3 is 2.57 bits per heavy atom. The lowest BCUT2D eigenvalue weighted by molar-refractivity contribution is -0.149. The highest BCUT2D eigenvalue weighted by molar-refractivity contribution is 6.00. The van der Waals surface area contributed by atoms with Crippen molar-refractivity contribution >= 4 is 17.6 Å². The molecule has 142 valence electrons. The number of hydrogen-bond acceptors (Lipinski definition) is 7. The molecule has 1 amide bonds. The third kappa shape index (κ3) is 4.66. The van der Waals surface area contributed by atoms with Crippen molar-refractivity contribution in [3.63, 3.8) is 0 Å². The number of nitrogens with zero attached hydrogens (tertiary/aromatic N) is 4. The Balaban J connectivity index is 2.27. The summed E-state index contributed by atoms with van der Waals surface area (Å²) in [5.41, 5.74) is -0.00121. The summed E-state index contributed by atoms with van der Waals surface area (Å²) in [5, 5.41) is 29.9. The SMILES string of the molecule is CCOC(=O)C1CCCN(C(=O)c2ccccc2NC(C#N)=C(C#N)C#N)C1. The van der Waals surface area contributed by atoms with Crippen molar-refractivity contribution in [3.05, 3.63) is 41.1 Å². The average Bonchev–Trinajstić information content (AvgIpc) is 2.74. The third-order valence-corrected chi connectivity index (χ3v) is 4.33. The number of amides is 1. The Kier molecular flexibility index (Phi) is 7.13. The number of likely N-dealkylation sites (tertiary alicyclic amines) is 1. The maximum Gasteiger partial charge on any atom is 0.310 e. The van der Waals surface area contributed by atoms with E-state index in [1.165, 1.54) is 0 Å². The van der Waals surface area contributed by atoms with Crippen LogP contribution in [-0.4, -0.2) is 36.5 Å². The Hall–Kier alpha value is -3.83. The van der Waals surface area contributed by atoms with Gasteiger partial charge in [0.25, 0.3) is 5.91 Å². The van der Waals surface area contributed by atoms with Gasteiger partial charge in [-0.2, -0.15) is 15.8 Å². The van der Waals surface area contributed by atoms with Crippen molar-refractivity contribution in [3.8, 4) is 18.2 Å². The van der Waals surface area contributed by atoms with Crippen LogP contribution >= 0.6 is 0 Å². The highest BCUT2D eigenvalue weighted by Crippen LogP contribution is 2.24. The molecule has 2 rings (SSSR count). The summed E-state index contributed by atoms with van der Waals surface area (Å²) in [6.07, 6.45) is 1.35. The quantitative estimate of drug-likeness (QED) is 0.615. The molecule has 1 atom stereocenters. The molecule has 8 heteroatoms. The predicted molar refractivity (Wildman–Crippen MR) is 99.2 cm³/mol. The van der Waals surface area contributed by atoms with Gasteiger partial charge in [0, 0.05) is 13.1 Å². The van der Waals surface area contributed by atoms with E-state index in [2.05, 4.69) is 5.32 Å². The number of esters is 1. The monoisotopic (exact) mass is 377 g/mol. The number of rotatable bonds is 5. The number of anilines is 1. The molecular formula is C20H19N5O3. The second-order valence-corrected chi connectivity index (χ2v) is 6.10. The minimum absolute atomic E-state index is 0.228. The van der Waals surface area contributed by atoms with Crippen molar-refractivity contribution in [1.82, 2.24) is 4.90 Å². The zero-order valence-corrected chi connectivity index (χ0v) is 15.4.